The van der Waals surface area contributed by atoms with Crippen LogP contribution in [-0.4, -0.2) is 9.97 Å². The van der Waals surface area contributed by atoms with Crippen molar-refractivity contribution >= 4 is 21.9 Å². The number of para-hydroxylation sites is 1. The average Bonchev–Trinajstić information content (AvgIpc) is 3.88. The molecule has 0 saturated carbocycles. The highest BCUT2D eigenvalue weighted by molar-refractivity contribution is 6.06. The van der Waals surface area contributed by atoms with Crippen LogP contribution in [0.2, 0.25) is 0 Å². The molecule has 3 nitrogen and oxygen atoms in total. The summed E-state index contributed by atoms with van der Waals surface area (Å²) in [6, 6.07) is 82.3. The van der Waals surface area contributed by atoms with Gasteiger partial charge in [0.05, 0.1) is 16.8 Å². The molecule has 0 unspecified atom stereocenters. The Bertz CT molecular complexity index is 3400. The number of hydrogen-bond donors (Lipinski definition) is 0. The van der Waals surface area contributed by atoms with E-state index in [0.717, 1.165) is 66.7 Å². The number of benzene rings is 9. The van der Waals surface area contributed by atoms with Crippen LogP contribution in [0.1, 0.15) is 22.3 Å². The van der Waals surface area contributed by atoms with Gasteiger partial charge in [-0.1, -0.05) is 200 Å². The molecule has 1 aliphatic rings. The lowest BCUT2D eigenvalue weighted by Crippen LogP contribution is -2.28. The van der Waals surface area contributed by atoms with E-state index in [1.165, 1.54) is 38.9 Å². The van der Waals surface area contributed by atoms with E-state index < -0.39 is 5.41 Å². The quantitative estimate of drug-likeness (QED) is 0.161. The van der Waals surface area contributed by atoms with Crippen LogP contribution in [0.5, 0.6) is 0 Å². The second-order valence-electron chi connectivity index (χ2n) is 16.1. The lowest BCUT2D eigenvalue weighted by atomic mass is 9.67. The maximum atomic E-state index is 6.09. The zero-order valence-electron chi connectivity index (χ0n) is 33.7. The number of aromatic nitrogens is 2. The van der Waals surface area contributed by atoms with Crippen molar-refractivity contribution < 1.29 is 4.42 Å². The SMILES string of the molecule is c1ccc(-c2nc(-c3ccc(-c4cccc(C5(c6ccccc6)c6ccccc6-c6ccccc65)c4)cc3)cc(-c3ccc(-c4ccc5oc6ccccc6c5c4)cc3)n2)cc1. The molecular formula is C59H38N2O. The maximum Gasteiger partial charge on any atom is 0.160 e. The Morgan fingerprint density at radius 3 is 1.45 bits per heavy atom. The number of furan rings is 1. The summed E-state index contributed by atoms with van der Waals surface area (Å²) < 4.78 is 6.09. The van der Waals surface area contributed by atoms with Crippen molar-refractivity contribution in [1.29, 1.82) is 0 Å². The largest absolute Gasteiger partial charge is 0.456 e. The molecule has 2 heterocycles. The standard InChI is InChI=1S/C59H38N2O/c1-3-14-43(15-4-1)58-60-54(38-55(61-58)42-32-28-40(29-33-42)45-34-35-57-51(37-45)50-22-9-12-25-56(50)62-57)41-30-26-39(27-31-41)44-16-13-19-47(36-44)59(46-17-5-2-6-18-46)52-23-10-7-20-48(52)49-21-8-11-24-53(49)59/h1-38H. The Kier molecular flexibility index (Phi) is 8.39. The first-order valence-corrected chi connectivity index (χ1v) is 21.1. The molecule has 0 atom stereocenters. The first kappa shape index (κ1) is 35.8. The van der Waals surface area contributed by atoms with Gasteiger partial charge in [0.15, 0.2) is 5.82 Å². The smallest absolute Gasteiger partial charge is 0.160 e. The fourth-order valence-electron chi connectivity index (χ4n) is 9.68. The number of hydrogen-bond acceptors (Lipinski definition) is 3. The fourth-order valence-corrected chi connectivity index (χ4v) is 9.68. The molecule has 2 aromatic heterocycles. The van der Waals surface area contributed by atoms with Crippen molar-refractivity contribution in [2.24, 2.45) is 0 Å². The first-order valence-electron chi connectivity index (χ1n) is 21.1. The van der Waals surface area contributed by atoms with Crippen LogP contribution < -0.4 is 0 Å². The van der Waals surface area contributed by atoms with E-state index in [4.69, 9.17) is 14.4 Å². The Morgan fingerprint density at radius 1 is 0.306 bits per heavy atom. The van der Waals surface area contributed by atoms with E-state index in [2.05, 4.69) is 200 Å². The topological polar surface area (TPSA) is 38.9 Å². The lowest BCUT2D eigenvalue weighted by molar-refractivity contribution is 0.669. The van der Waals surface area contributed by atoms with Gasteiger partial charge in [-0.15, -0.1) is 0 Å². The highest BCUT2D eigenvalue weighted by Crippen LogP contribution is 2.56. The summed E-state index contributed by atoms with van der Waals surface area (Å²) >= 11 is 0. The summed E-state index contributed by atoms with van der Waals surface area (Å²) in [6.45, 7) is 0. The number of rotatable bonds is 7. The second-order valence-corrected chi connectivity index (χ2v) is 16.1. The van der Waals surface area contributed by atoms with Gasteiger partial charge in [-0.25, -0.2) is 9.97 Å². The minimum absolute atomic E-state index is 0.448. The third-order valence-electron chi connectivity index (χ3n) is 12.6. The van der Waals surface area contributed by atoms with Crippen molar-refractivity contribution in [2.75, 3.05) is 0 Å². The van der Waals surface area contributed by atoms with E-state index >= 15 is 0 Å². The van der Waals surface area contributed by atoms with Crippen LogP contribution in [0.15, 0.2) is 235 Å². The molecule has 0 aliphatic heterocycles. The third kappa shape index (κ3) is 5.82. The Balaban J connectivity index is 0.913. The maximum absolute atomic E-state index is 6.09. The summed E-state index contributed by atoms with van der Waals surface area (Å²) in [5.74, 6) is 0.694. The molecule has 0 saturated heterocycles. The van der Waals surface area contributed by atoms with Gasteiger partial charge in [0.1, 0.15) is 11.2 Å². The van der Waals surface area contributed by atoms with Crippen molar-refractivity contribution in [3.63, 3.8) is 0 Å². The normalized spacial score (nSPS) is 12.6. The van der Waals surface area contributed by atoms with Crippen molar-refractivity contribution in [3.05, 3.63) is 253 Å². The minimum atomic E-state index is -0.448. The van der Waals surface area contributed by atoms with Crippen molar-refractivity contribution in [2.45, 2.75) is 5.41 Å². The molecule has 0 fully saturated rings. The van der Waals surface area contributed by atoms with Crippen molar-refractivity contribution in [3.8, 4) is 67.3 Å². The second kappa shape index (κ2) is 14.5. The van der Waals surface area contributed by atoms with Gasteiger partial charge in [-0.3, -0.25) is 0 Å². The van der Waals surface area contributed by atoms with Gasteiger partial charge in [-0.2, -0.15) is 0 Å². The molecule has 1 aliphatic carbocycles. The molecular weight excluding hydrogens is 753 g/mol. The van der Waals surface area contributed by atoms with Crippen LogP contribution in [0.3, 0.4) is 0 Å². The summed E-state index contributed by atoms with van der Waals surface area (Å²) in [5.41, 5.74) is 18.4. The van der Waals surface area contributed by atoms with Gasteiger partial charge in [0.25, 0.3) is 0 Å². The van der Waals surface area contributed by atoms with E-state index in [-0.39, 0.29) is 0 Å². The predicted octanol–water partition coefficient (Wildman–Crippen LogP) is 15.1. The molecule has 12 rings (SSSR count). The van der Waals surface area contributed by atoms with Crippen LogP contribution in [0, 0.1) is 0 Å². The minimum Gasteiger partial charge on any atom is -0.456 e. The predicted molar refractivity (Wildman–Crippen MR) is 254 cm³/mol. The van der Waals surface area contributed by atoms with Crippen LogP contribution in [-0.2, 0) is 5.41 Å². The molecule has 11 aromatic rings. The first-order chi connectivity index (χ1) is 30.7. The van der Waals surface area contributed by atoms with Crippen LogP contribution >= 0.6 is 0 Å². The number of nitrogens with zero attached hydrogens (tertiary/aromatic N) is 2. The molecule has 62 heavy (non-hydrogen) atoms. The molecule has 9 aromatic carbocycles. The lowest BCUT2D eigenvalue weighted by Gasteiger charge is -2.34. The van der Waals surface area contributed by atoms with E-state index in [0.29, 0.717) is 5.82 Å². The Morgan fingerprint density at radius 2 is 0.790 bits per heavy atom. The molecule has 3 heteroatoms. The molecule has 0 N–H and O–H groups in total. The molecule has 0 radical (unpaired) electrons. The summed E-state index contributed by atoms with van der Waals surface area (Å²) in [4.78, 5) is 10.3. The Labute approximate surface area is 360 Å². The van der Waals surface area contributed by atoms with Gasteiger partial charge in [0, 0.05) is 27.5 Å². The van der Waals surface area contributed by atoms with Gasteiger partial charge in [0.2, 0.25) is 0 Å². The summed E-state index contributed by atoms with van der Waals surface area (Å²) in [7, 11) is 0. The van der Waals surface area contributed by atoms with E-state index in [1.807, 2.05) is 30.3 Å². The van der Waals surface area contributed by atoms with Crippen LogP contribution in [0.25, 0.3) is 89.2 Å². The molecule has 0 amide bonds. The average molecular weight is 791 g/mol. The zero-order valence-corrected chi connectivity index (χ0v) is 33.7. The highest BCUT2D eigenvalue weighted by atomic mass is 16.3. The fraction of sp³-hybridized carbons (Fsp3) is 0.0169. The van der Waals surface area contributed by atoms with Gasteiger partial charge in [-0.05, 0) is 86.0 Å². The van der Waals surface area contributed by atoms with E-state index in [1.54, 1.807) is 0 Å². The molecule has 0 spiro atoms. The monoisotopic (exact) mass is 790 g/mol. The van der Waals surface area contributed by atoms with Crippen molar-refractivity contribution in [1.82, 2.24) is 9.97 Å². The summed E-state index contributed by atoms with van der Waals surface area (Å²) in [6.07, 6.45) is 0. The zero-order chi connectivity index (χ0) is 41.0. The Hall–Kier alpha value is -8.14. The summed E-state index contributed by atoms with van der Waals surface area (Å²) in [5, 5.41) is 2.25. The van der Waals surface area contributed by atoms with Gasteiger partial charge < -0.3 is 4.42 Å². The number of fused-ring (bicyclic) bond motifs is 6. The highest BCUT2D eigenvalue weighted by Gasteiger charge is 2.45. The van der Waals surface area contributed by atoms with E-state index in [9.17, 15) is 0 Å². The third-order valence-corrected chi connectivity index (χ3v) is 12.6. The molecule has 290 valence electrons. The van der Waals surface area contributed by atoms with Crippen LogP contribution in [0.4, 0.5) is 0 Å². The molecule has 0 bridgehead atoms. The van der Waals surface area contributed by atoms with Gasteiger partial charge >= 0.3 is 0 Å².